The lowest BCUT2D eigenvalue weighted by molar-refractivity contribution is -0.150. The minimum Gasteiger partial charge on any atom is -0.497 e. The van der Waals surface area contributed by atoms with Crippen molar-refractivity contribution in [3.63, 3.8) is 0 Å². The molecule has 1 saturated carbocycles. The van der Waals surface area contributed by atoms with E-state index in [2.05, 4.69) is 0 Å². The van der Waals surface area contributed by atoms with Gasteiger partial charge in [-0.3, -0.25) is 9.59 Å². The average Bonchev–Trinajstić information content (AvgIpc) is 2.26. The van der Waals surface area contributed by atoms with Gasteiger partial charge < -0.3 is 9.84 Å². The van der Waals surface area contributed by atoms with Crippen LogP contribution in [0.4, 0.5) is 0 Å². The molecule has 0 spiro atoms. The van der Waals surface area contributed by atoms with Crippen molar-refractivity contribution in [2.24, 2.45) is 5.41 Å². The van der Waals surface area contributed by atoms with E-state index in [1.165, 1.54) is 19.2 Å². The lowest BCUT2D eigenvalue weighted by atomic mass is 9.64. The zero-order valence-corrected chi connectivity index (χ0v) is 10.7. The fourth-order valence-corrected chi connectivity index (χ4v) is 2.39. The summed E-state index contributed by atoms with van der Waals surface area (Å²) in [4.78, 5) is 23.6. The molecule has 0 unspecified atom stereocenters. The molecule has 0 aliphatic heterocycles. The number of Topliss-reactive ketones (excluding diaryl/α,β-unsaturated/α-hetero) is 1. The highest BCUT2D eigenvalue weighted by molar-refractivity contribution is 6.35. The van der Waals surface area contributed by atoms with Gasteiger partial charge in [0.2, 0.25) is 0 Å². The molecule has 1 aromatic rings. The van der Waals surface area contributed by atoms with Gasteiger partial charge in [-0.15, -0.1) is 0 Å². The molecule has 18 heavy (non-hydrogen) atoms. The van der Waals surface area contributed by atoms with Gasteiger partial charge in [-0.25, -0.2) is 0 Å². The van der Waals surface area contributed by atoms with Gasteiger partial charge in [0.25, 0.3) is 0 Å². The molecule has 0 amide bonds. The number of benzene rings is 1. The van der Waals surface area contributed by atoms with Crippen LogP contribution in [0.2, 0.25) is 5.02 Å². The second-order valence-electron chi connectivity index (χ2n) is 4.42. The Labute approximate surface area is 110 Å². The lowest BCUT2D eigenvalue weighted by Gasteiger charge is -2.36. The molecule has 1 aliphatic carbocycles. The Hall–Kier alpha value is -1.55. The molecule has 96 valence electrons. The van der Waals surface area contributed by atoms with Crippen LogP contribution in [-0.2, 0) is 4.79 Å². The molecule has 5 heteroatoms. The first kappa shape index (κ1) is 12.9. The van der Waals surface area contributed by atoms with Gasteiger partial charge in [-0.05, 0) is 31.0 Å². The Morgan fingerprint density at radius 1 is 1.39 bits per heavy atom. The average molecular weight is 269 g/mol. The van der Waals surface area contributed by atoms with Crippen molar-refractivity contribution in [1.82, 2.24) is 0 Å². The van der Waals surface area contributed by atoms with Gasteiger partial charge in [0.1, 0.15) is 11.2 Å². The summed E-state index contributed by atoms with van der Waals surface area (Å²) in [6.07, 6.45) is 1.51. The van der Waals surface area contributed by atoms with E-state index in [0.717, 1.165) is 6.42 Å². The Bertz CT molecular complexity index is 506. The van der Waals surface area contributed by atoms with E-state index in [1.54, 1.807) is 6.07 Å². The highest BCUT2D eigenvalue weighted by Crippen LogP contribution is 2.45. The highest BCUT2D eigenvalue weighted by atomic mass is 35.5. The van der Waals surface area contributed by atoms with Gasteiger partial charge in [-0.1, -0.05) is 18.0 Å². The number of hydrogen-bond donors (Lipinski definition) is 1. The van der Waals surface area contributed by atoms with E-state index in [4.69, 9.17) is 16.3 Å². The monoisotopic (exact) mass is 268 g/mol. The van der Waals surface area contributed by atoms with E-state index < -0.39 is 17.2 Å². The van der Waals surface area contributed by atoms with Crippen molar-refractivity contribution in [2.75, 3.05) is 7.11 Å². The number of carbonyl (C=O) groups is 2. The van der Waals surface area contributed by atoms with Crippen LogP contribution in [0.3, 0.4) is 0 Å². The summed E-state index contributed by atoms with van der Waals surface area (Å²) in [5, 5.41) is 9.45. The van der Waals surface area contributed by atoms with Crippen molar-refractivity contribution in [1.29, 1.82) is 0 Å². The maximum atomic E-state index is 12.3. The molecule has 1 N–H and O–H groups in total. The summed E-state index contributed by atoms with van der Waals surface area (Å²) in [7, 11) is 1.50. The van der Waals surface area contributed by atoms with Crippen molar-refractivity contribution in [3.05, 3.63) is 28.8 Å². The molecule has 0 heterocycles. The fraction of sp³-hybridized carbons (Fsp3) is 0.385. The predicted octanol–water partition coefficient (Wildman–Crippen LogP) is 2.79. The molecule has 1 aliphatic rings. The maximum Gasteiger partial charge on any atom is 0.317 e. The van der Waals surface area contributed by atoms with Crippen molar-refractivity contribution < 1.29 is 19.4 Å². The second-order valence-corrected chi connectivity index (χ2v) is 4.82. The first-order valence-corrected chi connectivity index (χ1v) is 6.01. The molecule has 2 rings (SSSR count). The number of hydrogen-bond acceptors (Lipinski definition) is 3. The quantitative estimate of drug-likeness (QED) is 0.674. The van der Waals surface area contributed by atoms with Crippen LogP contribution < -0.4 is 4.74 Å². The molecular weight excluding hydrogens is 256 g/mol. The Morgan fingerprint density at radius 3 is 2.44 bits per heavy atom. The van der Waals surface area contributed by atoms with Crippen LogP contribution in [-0.4, -0.2) is 24.0 Å². The molecular formula is C13H13ClO4. The van der Waals surface area contributed by atoms with E-state index in [0.29, 0.717) is 18.6 Å². The third-order valence-corrected chi connectivity index (χ3v) is 3.78. The SMILES string of the molecule is COc1ccc(C(=O)C2(C(=O)O)CCC2)c(Cl)c1. The van der Waals surface area contributed by atoms with Crippen molar-refractivity contribution in [3.8, 4) is 5.75 Å². The van der Waals surface area contributed by atoms with E-state index in [-0.39, 0.29) is 10.6 Å². The topological polar surface area (TPSA) is 63.6 Å². The molecule has 0 radical (unpaired) electrons. The minimum atomic E-state index is -1.28. The van der Waals surface area contributed by atoms with Gasteiger partial charge in [0.05, 0.1) is 12.1 Å². The molecule has 4 nitrogen and oxygen atoms in total. The zero-order chi connectivity index (χ0) is 13.3. The summed E-state index contributed by atoms with van der Waals surface area (Å²) in [5.41, 5.74) is -1.03. The largest absolute Gasteiger partial charge is 0.497 e. The number of carboxylic acids is 1. The Kier molecular flexibility index (Phi) is 3.30. The summed E-state index contributed by atoms with van der Waals surface area (Å²) in [5.74, 6) is -0.936. The van der Waals surface area contributed by atoms with Crippen LogP contribution in [0.1, 0.15) is 29.6 Å². The van der Waals surface area contributed by atoms with E-state index in [9.17, 15) is 14.7 Å². The summed E-state index contributed by atoms with van der Waals surface area (Å²) in [6, 6.07) is 4.64. The molecule has 0 aromatic heterocycles. The summed E-state index contributed by atoms with van der Waals surface area (Å²) < 4.78 is 4.99. The third kappa shape index (κ3) is 1.86. The van der Waals surface area contributed by atoms with Gasteiger partial charge in [0.15, 0.2) is 5.78 Å². The number of ether oxygens (including phenoxy) is 1. The highest BCUT2D eigenvalue weighted by Gasteiger charge is 2.51. The third-order valence-electron chi connectivity index (χ3n) is 3.47. The van der Waals surface area contributed by atoms with Gasteiger partial charge in [0, 0.05) is 5.56 Å². The lowest BCUT2D eigenvalue weighted by Crippen LogP contribution is -2.45. The Balaban J connectivity index is 2.37. The number of rotatable bonds is 4. The number of ketones is 1. The normalized spacial score (nSPS) is 16.8. The fourth-order valence-electron chi connectivity index (χ4n) is 2.13. The molecule has 0 atom stereocenters. The minimum absolute atomic E-state index is 0.229. The smallest absolute Gasteiger partial charge is 0.317 e. The van der Waals surface area contributed by atoms with Crippen LogP contribution in [0, 0.1) is 5.41 Å². The van der Waals surface area contributed by atoms with E-state index >= 15 is 0 Å². The molecule has 1 aromatic carbocycles. The van der Waals surface area contributed by atoms with Crippen LogP contribution in [0.25, 0.3) is 0 Å². The Morgan fingerprint density at radius 2 is 2.06 bits per heavy atom. The van der Waals surface area contributed by atoms with Gasteiger partial charge in [-0.2, -0.15) is 0 Å². The molecule has 0 bridgehead atoms. The van der Waals surface area contributed by atoms with Crippen LogP contribution in [0.15, 0.2) is 18.2 Å². The standard InChI is InChI=1S/C13H13ClO4/c1-18-8-3-4-9(10(14)7-8)11(15)13(12(16)17)5-2-6-13/h3-4,7H,2,5-6H2,1H3,(H,16,17). The van der Waals surface area contributed by atoms with Gasteiger partial charge >= 0.3 is 5.97 Å². The van der Waals surface area contributed by atoms with Crippen LogP contribution >= 0.6 is 11.6 Å². The van der Waals surface area contributed by atoms with E-state index in [1.807, 2.05) is 0 Å². The zero-order valence-electron chi connectivity index (χ0n) is 9.90. The predicted molar refractivity (Wildman–Crippen MR) is 66.3 cm³/mol. The number of methoxy groups -OCH3 is 1. The van der Waals surface area contributed by atoms with Crippen molar-refractivity contribution >= 4 is 23.4 Å². The molecule has 1 fully saturated rings. The van der Waals surface area contributed by atoms with Crippen LogP contribution in [0.5, 0.6) is 5.75 Å². The number of halogens is 1. The number of carboxylic acid groups (broad SMARTS) is 1. The first-order valence-electron chi connectivity index (χ1n) is 5.63. The number of aliphatic carboxylic acids is 1. The maximum absolute atomic E-state index is 12.3. The summed E-state index contributed by atoms with van der Waals surface area (Å²) >= 11 is 6.00. The first-order chi connectivity index (χ1) is 8.51. The second kappa shape index (κ2) is 4.61. The number of carbonyl (C=O) groups excluding carboxylic acids is 1. The summed E-state index contributed by atoms with van der Waals surface area (Å²) in [6.45, 7) is 0. The van der Waals surface area contributed by atoms with Crippen molar-refractivity contribution in [2.45, 2.75) is 19.3 Å². The molecule has 0 saturated heterocycles.